The van der Waals surface area contributed by atoms with Gasteiger partial charge in [-0.2, -0.15) is 0 Å². The van der Waals surface area contributed by atoms with E-state index in [1.165, 1.54) is 5.56 Å². The van der Waals surface area contributed by atoms with E-state index in [0.29, 0.717) is 13.1 Å². The molecule has 0 spiro atoms. The highest BCUT2D eigenvalue weighted by molar-refractivity contribution is 7.20. The molecule has 33 heavy (non-hydrogen) atoms. The Labute approximate surface area is 197 Å². The number of anilines is 1. The Morgan fingerprint density at radius 3 is 2.76 bits per heavy atom. The van der Waals surface area contributed by atoms with Crippen LogP contribution in [0.15, 0.2) is 60.8 Å². The molecule has 0 radical (unpaired) electrons. The topological polar surface area (TPSA) is 71.8 Å². The van der Waals surface area contributed by atoms with Gasteiger partial charge in [-0.25, -0.2) is 9.50 Å². The third kappa shape index (κ3) is 4.85. The minimum Gasteiger partial charge on any atom is -0.497 e. The standard InChI is InChI=1S/C25H27N5O2S/c1-32-21-11-9-19(10-12-21)22-17-30-24(27-22)33-25(28-30)29-15-5-8-20(16-29)23(31)26-14-13-18-6-3-2-4-7-18/h2-4,6-7,9-12,17,20H,5,8,13-16H2,1H3,(H,26,31)/t20-/m1/s1. The lowest BCUT2D eigenvalue weighted by molar-refractivity contribution is -0.125. The number of nitrogens with zero attached hydrogens (tertiary/aromatic N) is 4. The molecule has 3 heterocycles. The molecular formula is C25H27N5O2S. The minimum atomic E-state index is -0.0133. The Balaban J connectivity index is 1.21. The maximum atomic E-state index is 12.8. The summed E-state index contributed by atoms with van der Waals surface area (Å²) in [7, 11) is 1.66. The number of benzene rings is 2. The number of hydrogen-bond acceptors (Lipinski definition) is 6. The third-order valence-corrected chi connectivity index (χ3v) is 7.02. The highest BCUT2D eigenvalue weighted by Crippen LogP contribution is 2.30. The van der Waals surface area contributed by atoms with Gasteiger partial charge in [-0.1, -0.05) is 41.7 Å². The molecule has 0 unspecified atom stereocenters. The van der Waals surface area contributed by atoms with E-state index in [1.807, 2.05) is 53.2 Å². The summed E-state index contributed by atoms with van der Waals surface area (Å²) in [5.41, 5.74) is 3.15. The van der Waals surface area contributed by atoms with E-state index in [-0.39, 0.29) is 11.8 Å². The second-order valence-corrected chi connectivity index (χ2v) is 9.21. The molecular weight excluding hydrogens is 434 g/mol. The average molecular weight is 462 g/mol. The van der Waals surface area contributed by atoms with Crippen molar-refractivity contribution in [1.29, 1.82) is 0 Å². The van der Waals surface area contributed by atoms with E-state index in [1.54, 1.807) is 18.4 Å². The predicted octanol–water partition coefficient (Wildman–Crippen LogP) is 4.04. The first-order chi connectivity index (χ1) is 16.2. The summed E-state index contributed by atoms with van der Waals surface area (Å²) < 4.78 is 7.07. The van der Waals surface area contributed by atoms with Crippen LogP contribution in [-0.4, -0.2) is 47.2 Å². The van der Waals surface area contributed by atoms with Crippen molar-refractivity contribution >= 4 is 27.3 Å². The van der Waals surface area contributed by atoms with Crippen molar-refractivity contribution in [2.24, 2.45) is 5.92 Å². The molecule has 1 fully saturated rings. The molecule has 8 heteroatoms. The normalized spacial score (nSPS) is 16.2. The zero-order valence-electron chi connectivity index (χ0n) is 18.6. The van der Waals surface area contributed by atoms with Gasteiger partial charge in [-0.3, -0.25) is 4.79 Å². The van der Waals surface area contributed by atoms with Crippen molar-refractivity contribution in [2.75, 3.05) is 31.6 Å². The number of fused-ring (bicyclic) bond motifs is 1. The first-order valence-electron chi connectivity index (χ1n) is 11.3. The summed E-state index contributed by atoms with van der Waals surface area (Å²) in [5, 5.41) is 8.79. The molecule has 0 aliphatic carbocycles. The second kappa shape index (κ2) is 9.62. The van der Waals surface area contributed by atoms with E-state index < -0.39 is 0 Å². The van der Waals surface area contributed by atoms with Crippen LogP contribution in [0.25, 0.3) is 16.2 Å². The Bertz CT molecular complexity index is 1190. The average Bonchev–Trinajstić information content (AvgIpc) is 3.45. The van der Waals surface area contributed by atoms with E-state index in [4.69, 9.17) is 14.8 Å². The van der Waals surface area contributed by atoms with Crippen molar-refractivity contribution in [3.8, 4) is 17.0 Å². The van der Waals surface area contributed by atoms with E-state index in [0.717, 1.165) is 52.9 Å². The number of imidazole rings is 1. The number of carbonyl (C=O) groups excluding carboxylic acids is 1. The maximum Gasteiger partial charge on any atom is 0.224 e. The van der Waals surface area contributed by atoms with Crippen LogP contribution in [0.1, 0.15) is 18.4 Å². The summed E-state index contributed by atoms with van der Waals surface area (Å²) in [6.07, 6.45) is 4.70. The van der Waals surface area contributed by atoms with Crippen LogP contribution in [0.5, 0.6) is 5.75 Å². The highest BCUT2D eigenvalue weighted by atomic mass is 32.1. The van der Waals surface area contributed by atoms with Crippen molar-refractivity contribution in [1.82, 2.24) is 19.9 Å². The summed E-state index contributed by atoms with van der Waals surface area (Å²) >= 11 is 1.57. The Kier molecular flexibility index (Phi) is 6.26. The van der Waals surface area contributed by atoms with Crippen LogP contribution in [0.2, 0.25) is 0 Å². The number of hydrogen-bond donors (Lipinski definition) is 1. The van der Waals surface area contributed by atoms with E-state index in [2.05, 4.69) is 22.3 Å². The fraction of sp³-hybridized carbons (Fsp3) is 0.320. The second-order valence-electron chi connectivity index (χ2n) is 8.28. The van der Waals surface area contributed by atoms with Gasteiger partial charge in [0.2, 0.25) is 16.0 Å². The fourth-order valence-corrected chi connectivity index (χ4v) is 5.12. The highest BCUT2D eigenvalue weighted by Gasteiger charge is 2.27. The summed E-state index contributed by atoms with van der Waals surface area (Å²) in [6, 6.07) is 18.1. The van der Waals surface area contributed by atoms with Crippen molar-refractivity contribution in [2.45, 2.75) is 19.3 Å². The van der Waals surface area contributed by atoms with Gasteiger partial charge in [0.05, 0.1) is 24.9 Å². The first kappa shape index (κ1) is 21.5. The zero-order valence-corrected chi connectivity index (χ0v) is 19.4. The van der Waals surface area contributed by atoms with Crippen LogP contribution >= 0.6 is 11.3 Å². The molecule has 1 saturated heterocycles. The molecule has 0 saturated carbocycles. The fourth-order valence-electron chi connectivity index (χ4n) is 4.20. The summed E-state index contributed by atoms with van der Waals surface area (Å²) in [5.74, 6) is 0.947. The van der Waals surface area contributed by atoms with E-state index in [9.17, 15) is 4.79 Å². The summed E-state index contributed by atoms with van der Waals surface area (Å²) in [6.45, 7) is 2.27. The van der Waals surface area contributed by atoms with Crippen molar-refractivity contribution in [3.63, 3.8) is 0 Å². The molecule has 7 nitrogen and oxygen atoms in total. The molecule has 170 valence electrons. The molecule has 0 bridgehead atoms. The maximum absolute atomic E-state index is 12.8. The SMILES string of the molecule is COc1ccc(-c2cn3nc(N4CCC[C@@H](C(=O)NCCc5ccccc5)C4)sc3n2)cc1. The summed E-state index contributed by atoms with van der Waals surface area (Å²) in [4.78, 5) is 20.6. The number of nitrogens with one attached hydrogen (secondary N) is 1. The molecule has 4 aromatic rings. The first-order valence-corrected chi connectivity index (χ1v) is 12.1. The van der Waals surface area contributed by atoms with Crippen LogP contribution in [0, 0.1) is 5.92 Å². The number of aromatic nitrogens is 3. The molecule has 1 aliphatic heterocycles. The predicted molar refractivity (Wildman–Crippen MR) is 131 cm³/mol. The smallest absolute Gasteiger partial charge is 0.224 e. The number of piperidine rings is 1. The molecule has 2 aromatic heterocycles. The van der Waals surface area contributed by atoms with Gasteiger partial charge in [0.25, 0.3) is 0 Å². The van der Waals surface area contributed by atoms with Gasteiger partial charge >= 0.3 is 0 Å². The zero-order chi connectivity index (χ0) is 22.6. The lowest BCUT2D eigenvalue weighted by Gasteiger charge is -2.31. The molecule has 1 amide bonds. The van der Waals surface area contributed by atoms with Gasteiger partial charge < -0.3 is 15.0 Å². The van der Waals surface area contributed by atoms with Gasteiger partial charge in [-0.15, -0.1) is 5.10 Å². The van der Waals surface area contributed by atoms with Gasteiger partial charge in [0, 0.05) is 25.2 Å². The van der Waals surface area contributed by atoms with E-state index >= 15 is 0 Å². The van der Waals surface area contributed by atoms with Crippen LogP contribution < -0.4 is 15.0 Å². The number of ether oxygens (including phenoxy) is 1. The quantitative estimate of drug-likeness (QED) is 0.450. The Hall–Kier alpha value is -3.39. The lowest BCUT2D eigenvalue weighted by Crippen LogP contribution is -2.43. The van der Waals surface area contributed by atoms with Crippen LogP contribution in [0.3, 0.4) is 0 Å². The number of methoxy groups -OCH3 is 1. The minimum absolute atomic E-state index is 0.0133. The molecule has 5 rings (SSSR count). The Morgan fingerprint density at radius 1 is 1.18 bits per heavy atom. The number of amides is 1. The number of rotatable bonds is 7. The van der Waals surface area contributed by atoms with Crippen LogP contribution in [-0.2, 0) is 11.2 Å². The van der Waals surface area contributed by atoms with Crippen LogP contribution in [0.4, 0.5) is 5.13 Å². The van der Waals surface area contributed by atoms with Crippen molar-refractivity contribution < 1.29 is 9.53 Å². The largest absolute Gasteiger partial charge is 0.497 e. The van der Waals surface area contributed by atoms with Gasteiger partial charge in [-0.05, 0) is 49.1 Å². The third-order valence-electron chi connectivity index (χ3n) is 6.04. The molecule has 1 aliphatic rings. The molecule has 1 atom stereocenters. The lowest BCUT2D eigenvalue weighted by atomic mass is 9.97. The van der Waals surface area contributed by atoms with Gasteiger partial charge in [0.1, 0.15) is 5.75 Å². The Morgan fingerprint density at radius 2 is 2.00 bits per heavy atom. The molecule has 1 N–H and O–H groups in total. The monoisotopic (exact) mass is 461 g/mol. The van der Waals surface area contributed by atoms with Gasteiger partial charge in [0.15, 0.2) is 0 Å². The molecule has 2 aromatic carbocycles. The number of carbonyl (C=O) groups is 1. The van der Waals surface area contributed by atoms with Crippen molar-refractivity contribution in [3.05, 3.63) is 66.4 Å².